The Kier molecular flexibility index (Phi) is 5.45. The van der Waals surface area contributed by atoms with E-state index >= 15 is 0 Å². The van der Waals surface area contributed by atoms with Gasteiger partial charge in [-0.1, -0.05) is 50.2 Å². The number of hydrogen-bond donors (Lipinski definition) is 2. The molecule has 2 aliphatic heterocycles. The van der Waals surface area contributed by atoms with E-state index in [0.717, 1.165) is 79.5 Å². The number of nitrogens with one attached hydrogen (secondary N) is 2. The summed E-state index contributed by atoms with van der Waals surface area (Å²) in [7, 11) is 0. The van der Waals surface area contributed by atoms with Crippen molar-refractivity contribution in [2.75, 3.05) is 0 Å². The highest BCUT2D eigenvalue weighted by molar-refractivity contribution is 7.00. The summed E-state index contributed by atoms with van der Waals surface area (Å²) >= 11 is 1.25. The summed E-state index contributed by atoms with van der Waals surface area (Å²) < 4.78 is 9.30. The molecular weight excluding hydrogens is 597 g/mol. The van der Waals surface area contributed by atoms with Crippen LogP contribution in [0.25, 0.3) is 99.2 Å². The van der Waals surface area contributed by atoms with Crippen LogP contribution < -0.4 is 0 Å². The zero-order valence-electron chi connectivity index (χ0n) is 26.5. The van der Waals surface area contributed by atoms with Crippen LogP contribution in [0.15, 0.2) is 72.8 Å². The fourth-order valence-electron chi connectivity index (χ4n) is 8.13. The first-order chi connectivity index (χ1) is 23.0. The van der Waals surface area contributed by atoms with Gasteiger partial charge in [-0.25, -0.2) is 9.97 Å². The van der Waals surface area contributed by atoms with Gasteiger partial charge < -0.3 is 9.97 Å². The van der Waals surface area contributed by atoms with Crippen molar-refractivity contribution in [2.45, 2.75) is 40.5 Å². The van der Waals surface area contributed by atoms with E-state index < -0.39 is 0 Å². The second kappa shape index (κ2) is 9.56. The lowest BCUT2D eigenvalue weighted by molar-refractivity contribution is 1.21. The second-order valence-corrected chi connectivity index (χ2v) is 13.3. The number of allylic oxidation sites excluding steroid dienone is 4. The maximum atomic E-state index is 5.31. The maximum Gasteiger partial charge on any atom is 0.114 e. The molecule has 7 heteroatoms. The number of aromatic amines is 2. The summed E-state index contributed by atoms with van der Waals surface area (Å²) in [5.41, 5.74) is 19.9. The minimum absolute atomic E-state index is 0.884. The van der Waals surface area contributed by atoms with Gasteiger partial charge in [-0.05, 0) is 107 Å². The van der Waals surface area contributed by atoms with Crippen molar-refractivity contribution in [2.24, 2.45) is 0 Å². The molecule has 10 rings (SSSR count). The monoisotopic (exact) mass is 626 g/mol. The van der Waals surface area contributed by atoms with E-state index in [2.05, 4.69) is 115 Å². The molecule has 47 heavy (non-hydrogen) atoms. The number of H-pyrrole nitrogens is 2. The maximum absolute atomic E-state index is 5.31. The lowest BCUT2D eigenvalue weighted by Crippen LogP contribution is -1.81. The molecule has 6 nitrogen and oxygen atoms in total. The minimum Gasteiger partial charge on any atom is -0.354 e. The van der Waals surface area contributed by atoms with Crippen molar-refractivity contribution < 1.29 is 0 Å². The van der Waals surface area contributed by atoms with E-state index in [9.17, 15) is 0 Å². The molecule has 8 bridgehead atoms. The van der Waals surface area contributed by atoms with E-state index in [1.54, 1.807) is 0 Å². The predicted octanol–water partition coefficient (Wildman–Crippen LogP) is 11.0. The van der Waals surface area contributed by atoms with Gasteiger partial charge in [0.05, 0.1) is 40.0 Å². The molecule has 3 aliphatic rings. The number of benzene rings is 3. The number of fused-ring (bicyclic) bond motifs is 18. The van der Waals surface area contributed by atoms with Gasteiger partial charge in [0.15, 0.2) is 0 Å². The van der Waals surface area contributed by atoms with Crippen molar-refractivity contribution in [3.8, 4) is 22.3 Å². The highest BCUT2D eigenvalue weighted by Crippen LogP contribution is 2.51. The Bertz CT molecular complexity index is 2780. The molecule has 226 valence electrons. The second-order valence-electron chi connectivity index (χ2n) is 12.7. The van der Waals surface area contributed by atoms with Gasteiger partial charge in [0, 0.05) is 38.4 Å². The normalized spacial score (nSPS) is 14.0. The minimum atomic E-state index is 0.884. The Hall–Kier alpha value is -5.40. The molecule has 0 saturated heterocycles. The SMILES string of the molecule is CCC1=C(C)c2cc3[nH]c(cc4nc(cc5[nH]c(cc1n2)c1ccc2nsnc2c51)C(CC)=C4C)c1c3-c2cccc3cccc-1c23. The molecule has 2 N–H and O–H groups in total. The van der Waals surface area contributed by atoms with Crippen molar-refractivity contribution >= 4 is 88.7 Å². The van der Waals surface area contributed by atoms with Gasteiger partial charge in [-0.3, -0.25) is 0 Å². The van der Waals surface area contributed by atoms with Crippen LogP contribution in [0.2, 0.25) is 0 Å². The first-order valence-electron chi connectivity index (χ1n) is 16.3. The van der Waals surface area contributed by atoms with Crippen molar-refractivity contribution in [1.82, 2.24) is 28.7 Å². The van der Waals surface area contributed by atoms with Crippen LogP contribution >= 0.6 is 11.7 Å². The van der Waals surface area contributed by atoms with E-state index in [1.807, 2.05) is 0 Å². The Labute approximate surface area is 274 Å². The zero-order valence-corrected chi connectivity index (χ0v) is 27.4. The molecule has 6 heterocycles. The molecule has 3 aromatic carbocycles. The number of rotatable bonds is 2. The lowest BCUT2D eigenvalue weighted by atomic mass is 10.0. The molecule has 0 fully saturated rings. The third-order valence-corrected chi connectivity index (χ3v) is 10.9. The summed E-state index contributed by atoms with van der Waals surface area (Å²) in [4.78, 5) is 18.2. The molecule has 0 saturated carbocycles. The Morgan fingerprint density at radius 3 is 1.79 bits per heavy atom. The van der Waals surface area contributed by atoms with Crippen molar-refractivity contribution in [3.63, 3.8) is 0 Å². The van der Waals surface area contributed by atoms with Crippen molar-refractivity contribution in [1.29, 1.82) is 0 Å². The summed E-state index contributed by atoms with van der Waals surface area (Å²) in [5, 5.41) is 4.76. The van der Waals surface area contributed by atoms with Crippen LogP contribution in [0.1, 0.15) is 63.3 Å². The fourth-order valence-corrected chi connectivity index (χ4v) is 8.68. The van der Waals surface area contributed by atoms with Gasteiger partial charge in [-0.2, -0.15) is 8.75 Å². The van der Waals surface area contributed by atoms with Crippen LogP contribution in [0.5, 0.6) is 0 Å². The van der Waals surface area contributed by atoms with E-state index in [0.29, 0.717) is 0 Å². The van der Waals surface area contributed by atoms with E-state index in [1.165, 1.54) is 67.0 Å². The van der Waals surface area contributed by atoms with E-state index in [-0.39, 0.29) is 0 Å². The molecule has 0 atom stereocenters. The molecular formula is C40H30N6S. The summed E-state index contributed by atoms with van der Waals surface area (Å²) in [6.45, 7) is 8.84. The molecule has 4 aromatic heterocycles. The van der Waals surface area contributed by atoms with Crippen LogP contribution in [0.3, 0.4) is 0 Å². The van der Waals surface area contributed by atoms with Gasteiger partial charge in [0.1, 0.15) is 11.0 Å². The smallest absolute Gasteiger partial charge is 0.114 e. The standard InChI is InChI=1S/C40H30N6S/c1-5-22-19(3)28-15-33-37-25-11-7-9-21-10-8-12-26(36(21)25)38(37)34(44-33)16-29-20(4)23(6-2)31(42-29)18-35-39-24(32(43-35)17-30(22)41-28)13-14-27-40(39)46-47-45-27/h7-18,43-44H,5-6H2,1-4H3. The first-order valence-corrected chi connectivity index (χ1v) is 17.0. The molecule has 0 radical (unpaired) electrons. The predicted molar refractivity (Wildman–Crippen MR) is 197 cm³/mol. The third-order valence-electron chi connectivity index (χ3n) is 10.4. The Morgan fingerprint density at radius 1 is 0.596 bits per heavy atom. The van der Waals surface area contributed by atoms with Gasteiger partial charge in [-0.15, -0.1) is 0 Å². The summed E-state index contributed by atoms with van der Waals surface area (Å²) in [6.07, 6.45) is 1.78. The highest BCUT2D eigenvalue weighted by atomic mass is 32.1. The lowest BCUT2D eigenvalue weighted by Gasteiger charge is -2.03. The van der Waals surface area contributed by atoms with Gasteiger partial charge >= 0.3 is 0 Å². The average Bonchev–Trinajstić information content (AvgIpc) is 3.91. The summed E-state index contributed by atoms with van der Waals surface area (Å²) in [6, 6.07) is 26.4. The zero-order chi connectivity index (χ0) is 31.6. The fraction of sp³-hybridized carbons (Fsp3) is 0.150. The first kappa shape index (κ1) is 26.8. The molecule has 0 unspecified atom stereocenters. The Morgan fingerprint density at radius 2 is 1.17 bits per heavy atom. The average molecular weight is 627 g/mol. The third kappa shape index (κ3) is 3.60. The van der Waals surface area contributed by atoms with Gasteiger partial charge in [0.25, 0.3) is 0 Å². The summed E-state index contributed by atoms with van der Waals surface area (Å²) in [5.74, 6) is 0. The number of nitrogens with zero attached hydrogens (tertiary/aromatic N) is 4. The molecule has 7 aromatic rings. The molecule has 0 amide bonds. The van der Waals surface area contributed by atoms with Crippen LogP contribution in [0, 0.1) is 0 Å². The van der Waals surface area contributed by atoms with Gasteiger partial charge in [0.2, 0.25) is 0 Å². The number of aromatic nitrogens is 6. The highest BCUT2D eigenvalue weighted by Gasteiger charge is 2.27. The molecule has 0 spiro atoms. The quantitative estimate of drug-likeness (QED) is 0.200. The Balaban J connectivity index is 1.42. The largest absolute Gasteiger partial charge is 0.354 e. The number of hydrogen-bond acceptors (Lipinski definition) is 5. The molecule has 1 aliphatic carbocycles. The van der Waals surface area contributed by atoms with Crippen molar-refractivity contribution in [3.05, 3.63) is 95.6 Å². The van der Waals surface area contributed by atoms with Crippen LogP contribution in [-0.4, -0.2) is 28.7 Å². The van der Waals surface area contributed by atoms with E-state index in [4.69, 9.17) is 14.3 Å². The van der Waals surface area contributed by atoms with Crippen LogP contribution in [-0.2, 0) is 0 Å². The topological polar surface area (TPSA) is 83.1 Å². The van der Waals surface area contributed by atoms with Crippen LogP contribution in [0.4, 0.5) is 0 Å².